The second-order valence-electron chi connectivity index (χ2n) is 8.23. The van der Waals surface area contributed by atoms with E-state index in [0.29, 0.717) is 36.2 Å². The first-order valence-corrected chi connectivity index (χ1v) is 10.9. The quantitative estimate of drug-likeness (QED) is 0.261. The fourth-order valence-electron chi connectivity index (χ4n) is 3.56. The molecular formula is C27H27ClO4. The molecule has 166 valence electrons. The van der Waals surface area contributed by atoms with Crippen molar-refractivity contribution in [3.8, 4) is 22.6 Å². The smallest absolute Gasteiger partial charge is 0.298 e. The molecule has 0 fully saturated rings. The van der Waals surface area contributed by atoms with Crippen molar-refractivity contribution in [2.75, 3.05) is 0 Å². The number of ether oxygens (including phenoxy) is 2. The summed E-state index contributed by atoms with van der Waals surface area (Å²) in [5, 5.41) is 0.376. The molecule has 0 spiro atoms. The highest BCUT2D eigenvalue weighted by atomic mass is 35.5. The highest BCUT2D eigenvalue weighted by Crippen LogP contribution is 2.31. The van der Waals surface area contributed by atoms with Crippen molar-refractivity contribution in [1.82, 2.24) is 0 Å². The highest BCUT2D eigenvalue weighted by molar-refractivity contribution is 6.32. The van der Waals surface area contributed by atoms with E-state index in [4.69, 9.17) is 21.1 Å². The molecule has 3 aromatic carbocycles. The molecule has 0 aliphatic rings. The summed E-state index contributed by atoms with van der Waals surface area (Å²) in [6.45, 7) is 8.79. The number of carbonyl (C=O) groups excluding carboxylic acids is 2. The second kappa shape index (κ2) is 10.5. The van der Waals surface area contributed by atoms with Crippen molar-refractivity contribution in [2.45, 2.75) is 40.7 Å². The van der Waals surface area contributed by atoms with Gasteiger partial charge in [-0.1, -0.05) is 49.7 Å². The average molecular weight is 451 g/mol. The average Bonchev–Trinajstić information content (AvgIpc) is 2.76. The predicted molar refractivity (Wildman–Crippen MR) is 128 cm³/mol. The van der Waals surface area contributed by atoms with E-state index < -0.39 is 0 Å². The molecule has 32 heavy (non-hydrogen) atoms. The molecule has 4 nitrogen and oxygen atoms in total. The van der Waals surface area contributed by atoms with Crippen molar-refractivity contribution in [3.63, 3.8) is 0 Å². The molecule has 0 bridgehead atoms. The van der Waals surface area contributed by atoms with Crippen LogP contribution in [0.15, 0.2) is 54.6 Å². The molecule has 0 saturated carbocycles. The number of rotatable bonds is 9. The van der Waals surface area contributed by atoms with Gasteiger partial charge in [-0.2, -0.15) is 0 Å². The van der Waals surface area contributed by atoms with Gasteiger partial charge in [-0.05, 0) is 77.9 Å². The normalized spacial score (nSPS) is 10.8. The van der Waals surface area contributed by atoms with Gasteiger partial charge in [0.25, 0.3) is 6.47 Å². The first-order chi connectivity index (χ1) is 15.3. The molecule has 3 aromatic rings. The zero-order valence-corrected chi connectivity index (χ0v) is 19.5. The number of hydrogen-bond acceptors (Lipinski definition) is 4. The summed E-state index contributed by atoms with van der Waals surface area (Å²) >= 11 is 6.07. The molecule has 0 N–H and O–H groups in total. The number of Topliss-reactive ketones (excluding diaryl/α,β-unsaturated/α-hetero) is 1. The van der Waals surface area contributed by atoms with Crippen LogP contribution in [0.2, 0.25) is 5.02 Å². The Bertz CT molecular complexity index is 1130. The van der Waals surface area contributed by atoms with Crippen LogP contribution in [0.5, 0.6) is 11.5 Å². The number of hydrogen-bond donors (Lipinski definition) is 0. The van der Waals surface area contributed by atoms with Gasteiger partial charge in [0.15, 0.2) is 5.78 Å². The second-order valence-corrected chi connectivity index (χ2v) is 8.64. The largest absolute Gasteiger partial charge is 0.489 e. The van der Waals surface area contributed by atoms with Crippen LogP contribution in [0, 0.1) is 19.8 Å². The first-order valence-electron chi connectivity index (χ1n) is 10.6. The Kier molecular flexibility index (Phi) is 7.70. The minimum absolute atomic E-state index is 0.167. The lowest BCUT2D eigenvalue weighted by molar-refractivity contribution is -0.120. The monoisotopic (exact) mass is 450 g/mol. The molecular weight excluding hydrogens is 424 g/mol. The molecule has 0 unspecified atom stereocenters. The third kappa shape index (κ3) is 5.57. The number of benzene rings is 3. The van der Waals surface area contributed by atoms with E-state index in [1.54, 1.807) is 12.1 Å². The number of halogens is 1. The molecule has 0 amide bonds. The van der Waals surface area contributed by atoms with Crippen molar-refractivity contribution >= 4 is 23.9 Å². The van der Waals surface area contributed by atoms with Crippen LogP contribution in [0.1, 0.15) is 47.3 Å². The minimum Gasteiger partial charge on any atom is -0.489 e. The zero-order chi connectivity index (χ0) is 23.3. The Morgan fingerprint density at radius 1 is 0.969 bits per heavy atom. The van der Waals surface area contributed by atoms with Gasteiger partial charge >= 0.3 is 0 Å². The molecule has 0 saturated heterocycles. The minimum atomic E-state index is 0.167. The van der Waals surface area contributed by atoms with Crippen LogP contribution in [0.25, 0.3) is 11.1 Å². The Balaban J connectivity index is 1.77. The summed E-state index contributed by atoms with van der Waals surface area (Å²) in [4.78, 5) is 23.2. The maximum absolute atomic E-state index is 12.5. The van der Waals surface area contributed by atoms with E-state index in [-0.39, 0.29) is 5.78 Å². The Morgan fingerprint density at radius 2 is 1.72 bits per heavy atom. The van der Waals surface area contributed by atoms with Crippen LogP contribution >= 0.6 is 11.6 Å². The van der Waals surface area contributed by atoms with Crippen LogP contribution in [0.4, 0.5) is 0 Å². The Morgan fingerprint density at radius 3 is 2.44 bits per heavy atom. The SMILES string of the molecule is Cc1c(OCc2cccc(-c3ccc(Cl)c(OC=O)c3)c2)ccc(C(=O)CC(C)C)c1C. The first kappa shape index (κ1) is 23.6. The summed E-state index contributed by atoms with van der Waals surface area (Å²) in [6.07, 6.45) is 0.539. The van der Waals surface area contributed by atoms with Crippen molar-refractivity contribution in [3.05, 3.63) is 81.9 Å². The van der Waals surface area contributed by atoms with Crippen molar-refractivity contribution in [2.24, 2.45) is 5.92 Å². The van der Waals surface area contributed by atoms with Gasteiger partial charge in [-0.15, -0.1) is 0 Å². The van der Waals surface area contributed by atoms with Gasteiger partial charge in [0.05, 0.1) is 5.02 Å². The van der Waals surface area contributed by atoms with Crippen LogP contribution in [-0.2, 0) is 11.4 Å². The highest BCUT2D eigenvalue weighted by Gasteiger charge is 2.15. The summed E-state index contributed by atoms with van der Waals surface area (Å²) in [7, 11) is 0. The summed E-state index contributed by atoms with van der Waals surface area (Å²) in [6, 6.07) is 17.0. The summed E-state index contributed by atoms with van der Waals surface area (Å²) < 4.78 is 11.0. The van der Waals surface area contributed by atoms with Gasteiger partial charge in [0, 0.05) is 12.0 Å². The van der Waals surface area contributed by atoms with Gasteiger partial charge in [-0.3, -0.25) is 9.59 Å². The molecule has 0 radical (unpaired) electrons. The molecule has 0 aromatic heterocycles. The van der Waals surface area contributed by atoms with E-state index in [1.165, 1.54) is 0 Å². The predicted octanol–water partition coefficient (Wildman–Crippen LogP) is 6.97. The fraction of sp³-hybridized carbons (Fsp3) is 0.259. The van der Waals surface area contributed by atoms with E-state index in [1.807, 2.05) is 70.2 Å². The third-order valence-corrected chi connectivity index (χ3v) is 5.70. The lowest BCUT2D eigenvalue weighted by atomic mass is 9.95. The van der Waals surface area contributed by atoms with Crippen molar-refractivity contribution in [1.29, 1.82) is 0 Å². The van der Waals surface area contributed by atoms with Gasteiger partial charge in [0.2, 0.25) is 0 Å². The lowest BCUT2D eigenvalue weighted by Crippen LogP contribution is -2.07. The Labute approximate surface area is 194 Å². The lowest BCUT2D eigenvalue weighted by Gasteiger charge is -2.15. The van der Waals surface area contributed by atoms with Crippen LogP contribution in [0.3, 0.4) is 0 Å². The fourth-order valence-corrected chi connectivity index (χ4v) is 3.72. The van der Waals surface area contributed by atoms with E-state index in [0.717, 1.165) is 39.1 Å². The van der Waals surface area contributed by atoms with Gasteiger partial charge in [0.1, 0.15) is 18.1 Å². The van der Waals surface area contributed by atoms with Crippen molar-refractivity contribution < 1.29 is 19.1 Å². The van der Waals surface area contributed by atoms with Crippen LogP contribution < -0.4 is 9.47 Å². The molecule has 5 heteroatoms. The van der Waals surface area contributed by atoms with Crippen LogP contribution in [-0.4, -0.2) is 12.3 Å². The van der Waals surface area contributed by atoms with E-state index in [2.05, 4.69) is 0 Å². The molecule has 0 aliphatic heterocycles. The molecule has 0 heterocycles. The molecule has 3 rings (SSSR count). The molecule has 0 atom stereocenters. The van der Waals surface area contributed by atoms with E-state index in [9.17, 15) is 9.59 Å². The number of carbonyl (C=O) groups is 2. The van der Waals surface area contributed by atoms with Gasteiger partial charge in [-0.25, -0.2) is 0 Å². The maximum Gasteiger partial charge on any atom is 0.298 e. The maximum atomic E-state index is 12.5. The summed E-state index contributed by atoms with van der Waals surface area (Å²) in [5.74, 6) is 1.58. The van der Waals surface area contributed by atoms with E-state index >= 15 is 0 Å². The standard InChI is InChI=1S/C27H27ClO4/c1-17(2)12-25(30)23-9-11-26(19(4)18(23)3)31-15-20-6-5-7-21(13-20)22-8-10-24(28)27(14-22)32-16-29/h5-11,13-14,16-17H,12,15H2,1-4H3. The topological polar surface area (TPSA) is 52.6 Å². The molecule has 0 aliphatic carbocycles. The Hall–Kier alpha value is -3.11. The van der Waals surface area contributed by atoms with Gasteiger partial charge < -0.3 is 9.47 Å². The number of ketones is 1. The third-order valence-electron chi connectivity index (χ3n) is 5.39. The zero-order valence-electron chi connectivity index (χ0n) is 18.8. The summed E-state index contributed by atoms with van der Waals surface area (Å²) in [5.41, 5.74) is 5.54.